The Kier molecular flexibility index (Phi) is 7.52. The number of anilines is 2. The summed E-state index contributed by atoms with van der Waals surface area (Å²) in [4.78, 5) is 4.75. The van der Waals surface area contributed by atoms with Gasteiger partial charge in [0.25, 0.3) is 0 Å². The fourth-order valence-electron chi connectivity index (χ4n) is 4.69. The molecule has 0 spiro atoms. The van der Waals surface area contributed by atoms with Crippen LogP contribution in [0.1, 0.15) is 31.2 Å². The van der Waals surface area contributed by atoms with E-state index in [2.05, 4.69) is 31.3 Å². The van der Waals surface area contributed by atoms with Crippen molar-refractivity contribution >= 4 is 38.3 Å². The summed E-state index contributed by atoms with van der Waals surface area (Å²) in [6.45, 7) is 0. The van der Waals surface area contributed by atoms with E-state index in [9.17, 15) is 13.2 Å². The fourth-order valence-corrected chi connectivity index (χ4v) is 5.03. The van der Waals surface area contributed by atoms with Crippen molar-refractivity contribution in [2.75, 3.05) is 17.7 Å². The van der Waals surface area contributed by atoms with Crippen LogP contribution in [-0.2, 0) is 6.42 Å². The van der Waals surface area contributed by atoms with E-state index in [1.54, 1.807) is 12.1 Å². The molecule has 34 heavy (non-hydrogen) atoms. The van der Waals surface area contributed by atoms with Crippen molar-refractivity contribution < 1.29 is 17.9 Å². The van der Waals surface area contributed by atoms with E-state index in [1.807, 2.05) is 37.4 Å². The summed E-state index contributed by atoms with van der Waals surface area (Å²) in [6.07, 6.45) is -0.761. The summed E-state index contributed by atoms with van der Waals surface area (Å²) in [5.74, 6) is 0.868. The summed E-state index contributed by atoms with van der Waals surface area (Å²) in [6, 6.07) is 14.8. The number of fused-ring (bicyclic) bond motifs is 1. The van der Waals surface area contributed by atoms with Gasteiger partial charge in [0.05, 0.1) is 5.52 Å². The number of rotatable bonds is 7. The largest absolute Gasteiger partial charge is 0.573 e. The van der Waals surface area contributed by atoms with Crippen molar-refractivity contribution in [2.24, 2.45) is 11.7 Å². The van der Waals surface area contributed by atoms with Crippen LogP contribution >= 0.6 is 15.9 Å². The van der Waals surface area contributed by atoms with Crippen molar-refractivity contribution in [3.05, 3.63) is 58.6 Å². The summed E-state index contributed by atoms with van der Waals surface area (Å²) in [5, 5.41) is 7.87. The van der Waals surface area contributed by atoms with Gasteiger partial charge < -0.3 is 21.1 Å². The van der Waals surface area contributed by atoms with Gasteiger partial charge in [-0.1, -0.05) is 40.2 Å². The second kappa shape index (κ2) is 10.4. The molecule has 1 aliphatic rings. The van der Waals surface area contributed by atoms with E-state index in [1.165, 1.54) is 6.07 Å². The summed E-state index contributed by atoms with van der Waals surface area (Å²) in [7, 11) is 1.90. The maximum atomic E-state index is 12.8. The van der Waals surface area contributed by atoms with Gasteiger partial charge >= 0.3 is 6.36 Å². The number of hydrogen-bond donors (Lipinski definition) is 3. The molecule has 1 aliphatic carbocycles. The van der Waals surface area contributed by atoms with Gasteiger partial charge in [0.15, 0.2) is 0 Å². The average molecular weight is 537 g/mol. The second-order valence-electron chi connectivity index (χ2n) is 8.75. The number of pyridine rings is 1. The zero-order valence-corrected chi connectivity index (χ0v) is 20.4. The number of nitrogens with one attached hydrogen (secondary N) is 2. The normalized spacial score (nSPS) is 19.6. The Bertz CT molecular complexity index is 1130. The van der Waals surface area contributed by atoms with Gasteiger partial charge in [0.2, 0.25) is 0 Å². The molecule has 1 atom stereocenters. The van der Waals surface area contributed by atoms with Crippen LogP contribution in [0.4, 0.5) is 24.7 Å². The van der Waals surface area contributed by atoms with E-state index >= 15 is 0 Å². The molecule has 3 aromatic rings. The third kappa shape index (κ3) is 6.13. The highest BCUT2D eigenvalue weighted by Gasteiger charge is 2.33. The Balaban J connectivity index is 1.37. The molecular formula is C25H28BrF3N4O. The molecule has 182 valence electrons. The number of aromatic nitrogens is 1. The summed E-state index contributed by atoms with van der Waals surface area (Å²) >= 11 is 3.21. The minimum absolute atomic E-state index is 0.199. The molecule has 0 aliphatic heterocycles. The van der Waals surface area contributed by atoms with E-state index in [4.69, 9.17) is 10.7 Å². The van der Waals surface area contributed by atoms with Crippen molar-refractivity contribution in [3.63, 3.8) is 0 Å². The van der Waals surface area contributed by atoms with Gasteiger partial charge in [-0.25, -0.2) is 4.98 Å². The molecule has 9 heteroatoms. The van der Waals surface area contributed by atoms with Crippen LogP contribution in [0.5, 0.6) is 5.75 Å². The van der Waals surface area contributed by atoms with Gasteiger partial charge in [-0.15, -0.1) is 13.2 Å². The molecule has 2 aromatic carbocycles. The van der Waals surface area contributed by atoms with E-state index in [0.717, 1.165) is 48.1 Å². The van der Waals surface area contributed by atoms with Gasteiger partial charge in [-0.3, -0.25) is 0 Å². The Morgan fingerprint density at radius 1 is 1.12 bits per heavy atom. The molecule has 1 unspecified atom stereocenters. The Labute approximate surface area is 205 Å². The first-order valence-electron chi connectivity index (χ1n) is 11.4. The summed E-state index contributed by atoms with van der Waals surface area (Å²) < 4.78 is 43.2. The minimum Gasteiger partial charge on any atom is -0.405 e. The second-order valence-corrected chi connectivity index (χ2v) is 9.66. The first-order chi connectivity index (χ1) is 16.2. The number of para-hydroxylation sites is 1. The molecule has 1 aromatic heterocycles. The van der Waals surface area contributed by atoms with E-state index in [-0.39, 0.29) is 23.8 Å². The molecule has 1 fully saturated rings. The summed E-state index contributed by atoms with van der Waals surface area (Å²) in [5.41, 5.74) is 8.88. The topological polar surface area (TPSA) is 72.2 Å². The van der Waals surface area contributed by atoms with Crippen LogP contribution in [0, 0.1) is 5.92 Å². The molecule has 1 heterocycles. The number of nitrogens with zero attached hydrogens (tertiary/aromatic N) is 1. The maximum Gasteiger partial charge on any atom is 0.573 e. The third-order valence-corrected chi connectivity index (χ3v) is 6.92. The first-order valence-corrected chi connectivity index (χ1v) is 12.1. The Morgan fingerprint density at radius 2 is 1.85 bits per heavy atom. The van der Waals surface area contributed by atoms with Gasteiger partial charge in [0, 0.05) is 40.7 Å². The molecule has 1 saturated carbocycles. The van der Waals surface area contributed by atoms with Crippen molar-refractivity contribution in [1.82, 2.24) is 4.98 Å². The predicted octanol–water partition coefficient (Wildman–Crippen LogP) is 6.48. The van der Waals surface area contributed by atoms with Crippen LogP contribution < -0.4 is 21.1 Å². The standard InChI is InChI=1S/C25H28BrF3N4O/c1-31-22-14-24(33-21-5-3-2-4-19(21)22)32-18-10-7-15(8-11-18)20(30)12-16-6-9-17(26)13-23(16)34-25(27,28)29/h2-6,9,13-15,18,20H,7-8,10-12,30H2,1H3,(H2,31,32,33). The van der Waals surface area contributed by atoms with Gasteiger partial charge in [0.1, 0.15) is 11.6 Å². The number of benzene rings is 2. The zero-order valence-electron chi connectivity index (χ0n) is 18.8. The van der Waals surface area contributed by atoms with Crippen molar-refractivity contribution in [3.8, 4) is 5.75 Å². The minimum atomic E-state index is -4.74. The molecule has 4 rings (SSSR count). The lowest BCUT2D eigenvalue weighted by atomic mass is 9.80. The number of ether oxygens (including phenoxy) is 1. The van der Waals surface area contributed by atoms with Crippen LogP contribution in [-0.4, -0.2) is 30.5 Å². The number of nitrogens with two attached hydrogens (primary N) is 1. The molecule has 0 radical (unpaired) electrons. The maximum absolute atomic E-state index is 12.8. The van der Waals surface area contributed by atoms with Crippen LogP contribution in [0.2, 0.25) is 0 Å². The van der Waals surface area contributed by atoms with Crippen molar-refractivity contribution in [2.45, 2.75) is 50.6 Å². The lowest BCUT2D eigenvalue weighted by Gasteiger charge is -2.33. The lowest BCUT2D eigenvalue weighted by molar-refractivity contribution is -0.274. The van der Waals surface area contributed by atoms with E-state index < -0.39 is 6.36 Å². The highest BCUT2D eigenvalue weighted by atomic mass is 79.9. The third-order valence-electron chi connectivity index (χ3n) is 6.43. The number of hydrogen-bond acceptors (Lipinski definition) is 5. The zero-order chi connectivity index (χ0) is 24.3. The fraction of sp³-hybridized carbons (Fsp3) is 0.400. The molecule has 4 N–H and O–H groups in total. The van der Waals surface area contributed by atoms with E-state index in [0.29, 0.717) is 16.5 Å². The van der Waals surface area contributed by atoms with Gasteiger partial charge in [-0.2, -0.15) is 0 Å². The van der Waals surface area contributed by atoms with Crippen molar-refractivity contribution in [1.29, 1.82) is 0 Å². The average Bonchev–Trinajstić information content (AvgIpc) is 2.79. The lowest BCUT2D eigenvalue weighted by Crippen LogP contribution is -2.37. The van der Waals surface area contributed by atoms with Gasteiger partial charge in [-0.05, 0) is 61.8 Å². The molecular weight excluding hydrogens is 509 g/mol. The number of halogens is 4. The van der Waals surface area contributed by atoms with Crippen LogP contribution in [0.15, 0.2) is 53.0 Å². The molecule has 0 amide bonds. The smallest absolute Gasteiger partial charge is 0.405 e. The molecule has 0 saturated heterocycles. The first kappa shape index (κ1) is 24.6. The molecule has 5 nitrogen and oxygen atoms in total. The highest BCUT2D eigenvalue weighted by molar-refractivity contribution is 9.10. The Hall–Kier alpha value is -2.52. The Morgan fingerprint density at radius 3 is 2.56 bits per heavy atom. The number of alkyl halides is 3. The molecule has 0 bridgehead atoms. The van der Waals surface area contributed by atoms with Crippen LogP contribution in [0.25, 0.3) is 10.9 Å². The highest BCUT2D eigenvalue weighted by Crippen LogP contribution is 2.34. The monoisotopic (exact) mass is 536 g/mol. The quantitative estimate of drug-likeness (QED) is 0.322. The predicted molar refractivity (Wildman–Crippen MR) is 133 cm³/mol. The SMILES string of the molecule is CNc1cc(NC2CCC(C(N)Cc3ccc(Br)cc3OC(F)(F)F)CC2)nc2ccccc12. The van der Waals surface area contributed by atoms with Crippen LogP contribution in [0.3, 0.4) is 0 Å².